The summed E-state index contributed by atoms with van der Waals surface area (Å²) in [6.45, 7) is 4.31. The van der Waals surface area contributed by atoms with Gasteiger partial charge in [0.05, 0.1) is 11.5 Å². The van der Waals surface area contributed by atoms with E-state index in [0.717, 1.165) is 5.56 Å². The third-order valence-corrected chi connectivity index (χ3v) is 3.55. The first-order valence-electron chi connectivity index (χ1n) is 6.52. The van der Waals surface area contributed by atoms with Crippen LogP contribution in [-0.2, 0) is 13.0 Å². The van der Waals surface area contributed by atoms with Crippen LogP contribution in [0.25, 0.3) is 0 Å². The Balaban J connectivity index is 2.38. The standard InChI is InChI=1S/C14H15Cl2N3O2/c1-9(2)6-12-13(19(20)21)14(16)18(17-12)8-10-4-3-5-11(15)7-10/h3-5,7,9H,6,8H2,1-2H3. The monoisotopic (exact) mass is 327 g/mol. The molecule has 0 amide bonds. The third kappa shape index (κ3) is 3.74. The minimum Gasteiger partial charge on any atom is -0.258 e. The van der Waals surface area contributed by atoms with Crippen LogP contribution in [0, 0.1) is 16.0 Å². The Morgan fingerprint density at radius 3 is 2.67 bits per heavy atom. The summed E-state index contributed by atoms with van der Waals surface area (Å²) in [5, 5.41) is 16.1. The van der Waals surface area contributed by atoms with Gasteiger partial charge in [0.2, 0.25) is 5.15 Å². The summed E-state index contributed by atoms with van der Waals surface area (Å²) in [6, 6.07) is 7.24. The quantitative estimate of drug-likeness (QED) is 0.606. The predicted molar refractivity (Wildman–Crippen MR) is 83.0 cm³/mol. The van der Waals surface area contributed by atoms with E-state index in [2.05, 4.69) is 5.10 Å². The van der Waals surface area contributed by atoms with Crippen LogP contribution in [0.3, 0.4) is 0 Å². The molecule has 21 heavy (non-hydrogen) atoms. The van der Waals surface area contributed by atoms with E-state index in [1.165, 1.54) is 4.68 Å². The van der Waals surface area contributed by atoms with Crippen LogP contribution in [0.1, 0.15) is 25.1 Å². The van der Waals surface area contributed by atoms with Gasteiger partial charge in [-0.1, -0.05) is 49.2 Å². The van der Waals surface area contributed by atoms with E-state index in [1.54, 1.807) is 12.1 Å². The maximum Gasteiger partial charge on any atom is 0.329 e. The molecule has 2 rings (SSSR count). The number of hydrogen-bond acceptors (Lipinski definition) is 3. The molecule has 0 aliphatic carbocycles. The lowest BCUT2D eigenvalue weighted by Crippen LogP contribution is -2.03. The highest BCUT2D eigenvalue weighted by Gasteiger charge is 2.26. The molecular weight excluding hydrogens is 313 g/mol. The highest BCUT2D eigenvalue weighted by atomic mass is 35.5. The number of benzene rings is 1. The van der Waals surface area contributed by atoms with Gasteiger partial charge in [0.25, 0.3) is 0 Å². The van der Waals surface area contributed by atoms with Crippen LogP contribution < -0.4 is 0 Å². The molecule has 0 spiro atoms. The molecule has 0 N–H and O–H groups in total. The van der Waals surface area contributed by atoms with Gasteiger partial charge in [-0.25, -0.2) is 4.68 Å². The molecule has 0 atom stereocenters. The van der Waals surface area contributed by atoms with Crippen molar-refractivity contribution in [3.05, 3.63) is 55.8 Å². The fourth-order valence-electron chi connectivity index (χ4n) is 2.10. The first-order chi connectivity index (χ1) is 9.88. The van der Waals surface area contributed by atoms with Gasteiger partial charge in [-0.2, -0.15) is 5.10 Å². The van der Waals surface area contributed by atoms with Gasteiger partial charge in [0.1, 0.15) is 5.69 Å². The van der Waals surface area contributed by atoms with E-state index >= 15 is 0 Å². The lowest BCUT2D eigenvalue weighted by molar-refractivity contribution is -0.385. The van der Waals surface area contributed by atoms with Crippen molar-refractivity contribution in [3.63, 3.8) is 0 Å². The van der Waals surface area contributed by atoms with Gasteiger partial charge >= 0.3 is 5.69 Å². The predicted octanol–water partition coefficient (Wildman–Crippen LogP) is 4.34. The maximum absolute atomic E-state index is 11.2. The molecule has 1 aromatic heterocycles. The van der Waals surface area contributed by atoms with E-state index in [4.69, 9.17) is 23.2 Å². The molecular formula is C14H15Cl2N3O2. The Morgan fingerprint density at radius 2 is 2.10 bits per heavy atom. The number of halogens is 2. The summed E-state index contributed by atoms with van der Waals surface area (Å²) < 4.78 is 1.45. The SMILES string of the molecule is CC(C)Cc1nn(Cc2cccc(Cl)c2)c(Cl)c1[N+](=O)[O-]. The molecule has 0 radical (unpaired) electrons. The maximum atomic E-state index is 11.2. The summed E-state index contributed by atoms with van der Waals surface area (Å²) in [7, 11) is 0. The zero-order valence-electron chi connectivity index (χ0n) is 11.7. The third-order valence-electron chi connectivity index (χ3n) is 2.94. The van der Waals surface area contributed by atoms with Crippen molar-refractivity contribution in [2.75, 3.05) is 0 Å². The van der Waals surface area contributed by atoms with Gasteiger partial charge in [-0.05, 0) is 23.6 Å². The minimum atomic E-state index is -0.471. The number of rotatable bonds is 5. The fraction of sp³-hybridized carbons (Fsp3) is 0.357. The average molecular weight is 328 g/mol. The van der Waals surface area contributed by atoms with Gasteiger partial charge in [-0.3, -0.25) is 10.1 Å². The summed E-state index contributed by atoms with van der Waals surface area (Å²) in [5.41, 5.74) is 1.20. The number of aromatic nitrogens is 2. The normalized spacial score (nSPS) is 11.1. The second-order valence-corrected chi connectivity index (χ2v) is 6.02. The second-order valence-electron chi connectivity index (χ2n) is 5.23. The van der Waals surface area contributed by atoms with Crippen LogP contribution in [0.5, 0.6) is 0 Å². The van der Waals surface area contributed by atoms with E-state index in [1.807, 2.05) is 26.0 Å². The molecule has 5 nitrogen and oxygen atoms in total. The molecule has 0 aliphatic heterocycles. The molecule has 0 aliphatic rings. The number of hydrogen-bond donors (Lipinski definition) is 0. The Labute approximate surface area is 132 Å². The Hall–Kier alpha value is -1.59. The summed E-state index contributed by atoms with van der Waals surface area (Å²) in [5.74, 6) is 0.259. The topological polar surface area (TPSA) is 61.0 Å². The van der Waals surface area contributed by atoms with Gasteiger partial charge in [0.15, 0.2) is 0 Å². The lowest BCUT2D eigenvalue weighted by Gasteiger charge is -2.03. The van der Waals surface area contributed by atoms with E-state index in [-0.39, 0.29) is 16.8 Å². The van der Waals surface area contributed by atoms with Gasteiger partial charge in [-0.15, -0.1) is 0 Å². The van der Waals surface area contributed by atoms with Crippen LogP contribution in [0.2, 0.25) is 10.2 Å². The fourth-order valence-corrected chi connectivity index (χ4v) is 2.58. The van der Waals surface area contributed by atoms with Crippen molar-refractivity contribution < 1.29 is 4.92 Å². The molecule has 112 valence electrons. The van der Waals surface area contributed by atoms with Gasteiger partial charge in [0, 0.05) is 11.4 Å². The molecule has 1 heterocycles. The molecule has 0 saturated heterocycles. The molecule has 1 aromatic carbocycles. The highest BCUT2D eigenvalue weighted by Crippen LogP contribution is 2.30. The molecule has 2 aromatic rings. The van der Waals surface area contributed by atoms with Crippen LogP contribution in [0.4, 0.5) is 5.69 Å². The Bertz CT molecular complexity index is 668. The van der Waals surface area contributed by atoms with Crippen molar-refractivity contribution in [2.24, 2.45) is 5.92 Å². The van der Waals surface area contributed by atoms with E-state index in [0.29, 0.717) is 23.7 Å². The number of nitro groups is 1. The summed E-state index contributed by atoms with van der Waals surface area (Å²) in [4.78, 5) is 10.7. The minimum absolute atomic E-state index is 0.0515. The van der Waals surface area contributed by atoms with Crippen LogP contribution >= 0.6 is 23.2 Å². The van der Waals surface area contributed by atoms with Crippen LogP contribution in [0.15, 0.2) is 24.3 Å². The van der Waals surface area contributed by atoms with Crippen molar-refractivity contribution in [1.29, 1.82) is 0 Å². The average Bonchev–Trinajstić information content (AvgIpc) is 2.65. The molecule has 7 heteroatoms. The van der Waals surface area contributed by atoms with Gasteiger partial charge < -0.3 is 0 Å². The van der Waals surface area contributed by atoms with E-state index < -0.39 is 4.92 Å². The Kier molecular flexibility index (Phi) is 4.85. The smallest absolute Gasteiger partial charge is 0.258 e. The molecule has 0 saturated carbocycles. The first kappa shape index (κ1) is 15.8. The summed E-state index contributed by atoms with van der Waals surface area (Å²) >= 11 is 12.1. The summed E-state index contributed by atoms with van der Waals surface area (Å²) in [6.07, 6.45) is 0.512. The lowest BCUT2D eigenvalue weighted by atomic mass is 10.1. The number of nitrogens with zero attached hydrogens (tertiary/aromatic N) is 3. The molecule has 0 unspecified atom stereocenters. The zero-order valence-corrected chi connectivity index (χ0v) is 13.2. The van der Waals surface area contributed by atoms with Crippen LogP contribution in [-0.4, -0.2) is 14.7 Å². The molecule has 0 fully saturated rings. The highest BCUT2D eigenvalue weighted by molar-refractivity contribution is 6.31. The zero-order chi connectivity index (χ0) is 15.6. The molecule has 0 bridgehead atoms. The van der Waals surface area contributed by atoms with Crippen molar-refractivity contribution >= 4 is 28.9 Å². The largest absolute Gasteiger partial charge is 0.329 e. The first-order valence-corrected chi connectivity index (χ1v) is 7.28. The second kappa shape index (κ2) is 6.45. The van der Waals surface area contributed by atoms with Crippen molar-refractivity contribution in [3.8, 4) is 0 Å². The Morgan fingerprint density at radius 1 is 1.38 bits per heavy atom. The van der Waals surface area contributed by atoms with Crippen molar-refractivity contribution in [1.82, 2.24) is 9.78 Å². The van der Waals surface area contributed by atoms with Crippen molar-refractivity contribution in [2.45, 2.75) is 26.8 Å². The van der Waals surface area contributed by atoms with E-state index in [9.17, 15) is 10.1 Å².